The summed E-state index contributed by atoms with van der Waals surface area (Å²) >= 11 is 0. The highest BCUT2D eigenvalue weighted by Crippen LogP contribution is 2.26. The van der Waals surface area contributed by atoms with Crippen LogP contribution >= 0.6 is 0 Å². The Bertz CT molecular complexity index is 540. The number of nitrogens with one attached hydrogen (secondary N) is 1. The molecule has 0 aliphatic rings. The molecule has 0 saturated carbocycles. The SMILES string of the molecule is CCOc1ccccc1OCCNCC(C)(C)S(C)(=O)=O. The normalized spacial score (nSPS) is 12.2. The molecule has 5 nitrogen and oxygen atoms in total. The van der Waals surface area contributed by atoms with E-state index in [9.17, 15) is 8.42 Å². The van der Waals surface area contributed by atoms with E-state index >= 15 is 0 Å². The molecular weight excluding hydrogens is 290 g/mol. The van der Waals surface area contributed by atoms with Crippen LogP contribution in [0, 0.1) is 0 Å². The quantitative estimate of drug-likeness (QED) is 0.705. The first kappa shape index (κ1) is 17.8. The van der Waals surface area contributed by atoms with Gasteiger partial charge in [0.25, 0.3) is 0 Å². The Morgan fingerprint density at radius 2 is 1.71 bits per heavy atom. The second kappa shape index (κ2) is 7.66. The lowest BCUT2D eigenvalue weighted by Gasteiger charge is -2.22. The van der Waals surface area contributed by atoms with Crippen LogP contribution in [0.4, 0.5) is 0 Å². The predicted molar refractivity (Wildman–Crippen MR) is 84.9 cm³/mol. The van der Waals surface area contributed by atoms with Gasteiger partial charge in [0, 0.05) is 19.3 Å². The minimum Gasteiger partial charge on any atom is -0.490 e. The van der Waals surface area contributed by atoms with E-state index in [1.165, 1.54) is 6.26 Å². The number of benzene rings is 1. The Labute approximate surface area is 127 Å². The van der Waals surface area contributed by atoms with Crippen LogP contribution in [0.3, 0.4) is 0 Å². The standard InChI is InChI=1S/C15H25NO4S/c1-5-19-13-8-6-7-9-14(13)20-11-10-16-12-15(2,3)21(4,17)18/h6-9,16H,5,10-12H2,1-4H3. The monoisotopic (exact) mass is 315 g/mol. The first-order chi connectivity index (χ1) is 9.78. The Kier molecular flexibility index (Phi) is 6.48. The van der Waals surface area contributed by atoms with Gasteiger partial charge in [0.05, 0.1) is 11.4 Å². The maximum Gasteiger partial charge on any atom is 0.161 e. The second-order valence-electron chi connectivity index (χ2n) is 5.44. The zero-order chi connectivity index (χ0) is 15.9. The van der Waals surface area contributed by atoms with Crippen molar-refractivity contribution >= 4 is 9.84 Å². The minimum atomic E-state index is -3.08. The molecule has 1 rings (SSSR count). The maximum atomic E-state index is 11.6. The van der Waals surface area contributed by atoms with Gasteiger partial charge < -0.3 is 14.8 Å². The van der Waals surface area contributed by atoms with Crippen molar-refractivity contribution in [2.75, 3.05) is 32.6 Å². The minimum absolute atomic E-state index is 0.391. The second-order valence-corrected chi connectivity index (χ2v) is 8.09. The molecule has 0 radical (unpaired) electrons. The summed E-state index contributed by atoms with van der Waals surface area (Å²) in [7, 11) is -3.08. The third-order valence-electron chi connectivity index (χ3n) is 3.24. The molecule has 0 aliphatic heterocycles. The number of sulfone groups is 1. The van der Waals surface area contributed by atoms with Crippen LogP contribution in [0.15, 0.2) is 24.3 Å². The molecule has 0 amide bonds. The highest BCUT2D eigenvalue weighted by atomic mass is 32.2. The first-order valence-electron chi connectivity index (χ1n) is 7.03. The van der Waals surface area contributed by atoms with Gasteiger partial charge in [-0.25, -0.2) is 8.42 Å². The van der Waals surface area contributed by atoms with E-state index < -0.39 is 14.6 Å². The van der Waals surface area contributed by atoms with Gasteiger partial charge in [-0.05, 0) is 32.9 Å². The van der Waals surface area contributed by atoms with E-state index in [0.717, 1.165) is 5.75 Å². The largest absolute Gasteiger partial charge is 0.490 e. The smallest absolute Gasteiger partial charge is 0.161 e. The van der Waals surface area contributed by atoms with Gasteiger partial charge in [0.2, 0.25) is 0 Å². The molecule has 21 heavy (non-hydrogen) atoms. The lowest BCUT2D eigenvalue weighted by molar-refractivity contribution is 0.275. The van der Waals surface area contributed by atoms with E-state index in [0.29, 0.717) is 32.1 Å². The molecule has 0 aromatic heterocycles. The summed E-state index contributed by atoms with van der Waals surface area (Å²) in [5.41, 5.74) is 0. The summed E-state index contributed by atoms with van der Waals surface area (Å²) in [6, 6.07) is 7.49. The average Bonchev–Trinajstić information content (AvgIpc) is 2.39. The molecular formula is C15H25NO4S. The van der Waals surface area contributed by atoms with Gasteiger partial charge in [0.1, 0.15) is 6.61 Å². The van der Waals surface area contributed by atoms with Crippen molar-refractivity contribution in [3.63, 3.8) is 0 Å². The number of para-hydroxylation sites is 2. The lowest BCUT2D eigenvalue weighted by Crippen LogP contribution is -2.42. The van der Waals surface area contributed by atoms with Crippen molar-refractivity contribution in [2.45, 2.75) is 25.5 Å². The summed E-state index contributed by atoms with van der Waals surface area (Å²) in [6.45, 7) is 7.33. The summed E-state index contributed by atoms with van der Waals surface area (Å²) in [6.07, 6.45) is 1.25. The average molecular weight is 315 g/mol. The zero-order valence-electron chi connectivity index (χ0n) is 13.2. The van der Waals surface area contributed by atoms with Crippen LogP contribution in [-0.2, 0) is 9.84 Å². The number of hydrogen-bond donors (Lipinski definition) is 1. The first-order valence-corrected chi connectivity index (χ1v) is 8.92. The molecule has 120 valence electrons. The molecule has 0 saturated heterocycles. The van der Waals surface area contributed by atoms with Gasteiger partial charge in [-0.3, -0.25) is 0 Å². The Morgan fingerprint density at radius 3 is 2.24 bits per heavy atom. The van der Waals surface area contributed by atoms with Gasteiger partial charge in [-0.2, -0.15) is 0 Å². The summed E-state index contributed by atoms with van der Waals surface area (Å²) in [4.78, 5) is 0. The van der Waals surface area contributed by atoms with Crippen molar-refractivity contribution in [1.82, 2.24) is 5.32 Å². The van der Waals surface area contributed by atoms with E-state index in [1.54, 1.807) is 13.8 Å². The van der Waals surface area contributed by atoms with Crippen LogP contribution in [-0.4, -0.2) is 45.7 Å². The fourth-order valence-electron chi connectivity index (χ4n) is 1.60. The van der Waals surface area contributed by atoms with E-state index in [4.69, 9.17) is 9.47 Å². The highest BCUT2D eigenvalue weighted by Gasteiger charge is 2.29. The van der Waals surface area contributed by atoms with Crippen LogP contribution in [0.5, 0.6) is 11.5 Å². The fraction of sp³-hybridized carbons (Fsp3) is 0.600. The molecule has 1 aromatic rings. The van der Waals surface area contributed by atoms with Crippen molar-refractivity contribution in [3.05, 3.63) is 24.3 Å². The zero-order valence-corrected chi connectivity index (χ0v) is 14.0. The van der Waals surface area contributed by atoms with Crippen LogP contribution in [0.25, 0.3) is 0 Å². The van der Waals surface area contributed by atoms with Gasteiger partial charge in [0.15, 0.2) is 21.3 Å². The van der Waals surface area contributed by atoms with Crippen molar-refractivity contribution in [1.29, 1.82) is 0 Å². The number of ether oxygens (including phenoxy) is 2. The third kappa shape index (κ3) is 5.55. The topological polar surface area (TPSA) is 64.6 Å². The van der Waals surface area contributed by atoms with Crippen LogP contribution < -0.4 is 14.8 Å². The van der Waals surface area contributed by atoms with Crippen molar-refractivity contribution in [2.24, 2.45) is 0 Å². The summed E-state index contributed by atoms with van der Waals surface area (Å²) < 4.78 is 33.5. The molecule has 0 bridgehead atoms. The van der Waals surface area contributed by atoms with E-state index in [-0.39, 0.29) is 0 Å². The van der Waals surface area contributed by atoms with Gasteiger partial charge in [-0.1, -0.05) is 12.1 Å². The summed E-state index contributed by atoms with van der Waals surface area (Å²) in [5, 5.41) is 3.11. The molecule has 0 atom stereocenters. The molecule has 0 heterocycles. The number of hydrogen-bond acceptors (Lipinski definition) is 5. The maximum absolute atomic E-state index is 11.6. The molecule has 0 aliphatic carbocycles. The molecule has 0 unspecified atom stereocenters. The van der Waals surface area contributed by atoms with Gasteiger partial charge in [-0.15, -0.1) is 0 Å². The fourth-order valence-corrected chi connectivity index (χ4v) is 1.96. The molecule has 0 spiro atoms. The molecule has 0 fully saturated rings. The van der Waals surface area contributed by atoms with Crippen molar-refractivity contribution in [3.8, 4) is 11.5 Å². The Hall–Kier alpha value is -1.27. The third-order valence-corrected chi connectivity index (χ3v) is 5.39. The van der Waals surface area contributed by atoms with E-state index in [1.807, 2.05) is 31.2 Å². The number of rotatable bonds is 9. The Morgan fingerprint density at radius 1 is 1.14 bits per heavy atom. The summed E-state index contributed by atoms with van der Waals surface area (Å²) in [5.74, 6) is 1.42. The van der Waals surface area contributed by atoms with Crippen LogP contribution in [0.1, 0.15) is 20.8 Å². The van der Waals surface area contributed by atoms with Crippen LogP contribution in [0.2, 0.25) is 0 Å². The Balaban J connectivity index is 2.39. The molecule has 6 heteroatoms. The van der Waals surface area contributed by atoms with E-state index in [2.05, 4.69) is 5.32 Å². The molecule has 1 N–H and O–H groups in total. The van der Waals surface area contributed by atoms with Crippen molar-refractivity contribution < 1.29 is 17.9 Å². The molecule has 1 aromatic carbocycles. The predicted octanol–water partition coefficient (Wildman–Crippen LogP) is 1.88. The lowest BCUT2D eigenvalue weighted by atomic mass is 10.2. The highest BCUT2D eigenvalue weighted by molar-refractivity contribution is 7.92. The van der Waals surface area contributed by atoms with Gasteiger partial charge >= 0.3 is 0 Å².